The number of rotatable bonds is 6. The third-order valence-electron chi connectivity index (χ3n) is 2.68. The molecule has 0 bridgehead atoms. The van der Waals surface area contributed by atoms with Crippen LogP contribution >= 0.6 is 0 Å². The minimum absolute atomic E-state index is 0.0689. The van der Waals surface area contributed by atoms with E-state index in [0.717, 1.165) is 12.5 Å². The molecule has 4 N–H and O–H groups in total. The molecule has 0 radical (unpaired) electrons. The monoisotopic (exact) mass is 267 g/mol. The van der Waals surface area contributed by atoms with Gasteiger partial charge in [-0.05, 0) is 18.6 Å². The molecule has 0 aliphatic heterocycles. The summed E-state index contributed by atoms with van der Waals surface area (Å²) in [7, 11) is 0. The molecule has 0 aliphatic rings. The summed E-state index contributed by atoms with van der Waals surface area (Å²) in [6, 6.07) is 2.52. The Morgan fingerprint density at radius 3 is 2.53 bits per heavy atom. The number of carboxylic acids is 1. The number of hydrogen-bond donors (Lipinski definition) is 4. The number of unbranched alkanes of at least 4 members (excludes halogenated alkanes) is 1. The number of carboxylic acid groups (broad SMARTS) is 1. The highest BCUT2D eigenvalue weighted by Crippen LogP contribution is 2.22. The summed E-state index contributed by atoms with van der Waals surface area (Å²) in [6.45, 7) is 1.92. The van der Waals surface area contributed by atoms with Crippen molar-refractivity contribution in [1.82, 2.24) is 5.32 Å². The van der Waals surface area contributed by atoms with Gasteiger partial charge >= 0.3 is 5.97 Å². The van der Waals surface area contributed by atoms with E-state index in [0.29, 0.717) is 12.8 Å². The number of hydrogen-bond acceptors (Lipinski definition) is 4. The molecule has 1 amide bonds. The number of carbonyl (C=O) groups excluding carboxylic acids is 1. The third-order valence-corrected chi connectivity index (χ3v) is 2.68. The van der Waals surface area contributed by atoms with Crippen LogP contribution in [-0.2, 0) is 4.79 Å². The average molecular weight is 267 g/mol. The van der Waals surface area contributed by atoms with E-state index in [1.807, 2.05) is 6.92 Å². The minimum atomic E-state index is -1.11. The van der Waals surface area contributed by atoms with Crippen LogP contribution in [0.5, 0.6) is 11.5 Å². The van der Waals surface area contributed by atoms with Crippen molar-refractivity contribution in [2.75, 3.05) is 0 Å². The Balaban J connectivity index is 2.78. The molecule has 0 aliphatic carbocycles. The maximum absolute atomic E-state index is 11.8. The van der Waals surface area contributed by atoms with E-state index in [9.17, 15) is 14.7 Å². The first-order valence-electron chi connectivity index (χ1n) is 6.01. The Hall–Kier alpha value is -2.24. The van der Waals surface area contributed by atoms with Gasteiger partial charge in [-0.1, -0.05) is 19.8 Å². The van der Waals surface area contributed by atoms with Crippen LogP contribution in [0.3, 0.4) is 0 Å². The number of aromatic hydroxyl groups is 2. The Morgan fingerprint density at radius 1 is 1.32 bits per heavy atom. The summed E-state index contributed by atoms with van der Waals surface area (Å²) in [5, 5.41) is 30.0. The van der Waals surface area contributed by atoms with Gasteiger partial charge < -0.3 is 20.6 Å². The fourth-order valence-corrected chi connectivity index (χ4v) is 1.61. The number of nitrogens with one attached hydrogen (secondary N) is 1. The van der Waals surface area contributed by atoms with Crippen molar-refractivity contribution >= 4 is 11.9 Å². The van der Waals surface area contributed by atoms with Gasteiger partial charge in [0.25, 0.3) is 5.91 Å². The van der Waals surface area contributed by atoms with Crippen molar-refractivity contribution in [3.63, 3.8) is 0 Å². The number of phenolic OH excluding ortho intramolecular Hbond substituents is 2. The number of amides is 1. The molecular formula is C13H17NO5. The van der Waals surface area contributed by atoms with Gasteiger partial charge in [0.15, 0.2) is 0 Å². The molecule has 1 rings (SSSR count). The summed E-state index contributed by atoms with van der Waals surface area (Å²) in [6.07, 6.45) is 1.83. The normalized spacial score (nSPS) is 11.8. The third kappa shape index (κ3) is 4.17. The van der Waals surface area contributed by atoms with Crippen LogP contribution in [0, 0.1) is 0 Å². The molecule has 0 spiro atoms. The number of benzene rings is 1. The lowest BCUT2D eigenvalue weighted by Crippen LogP contribution is -2.40. The first-order chi connectivity index (χ1) is 8.95. The second-order valence-electron chi connectivity index (χ2n) is 4.21. The molecule has 0 aromatic heterocycles. The first kappa shape index (κ1) is 14.8. The van der Waals surface area contributed by atoms with Gasteiger partial charge in [-0.25, -0.2) is 4.79 Å². The fourth-order valence-electron chi connectivity index (χ4n) is 1.61. The second-order valence-corrected chi connectivity index (χ2v) is 4.21. The van der Waals surface area contributed by atoms with Crippen molar-refractivity contribution in [2.24, 2.45) is 0 Å². The van der Waals surface area contributed by atoms with Crippen LogP contribution in [-0.4, -0.2) is 33.2 Å². The largest absolute Gasteiger partial charge is 0.508 e. The standard InChI is InChI=1S/C13H17NO5/c1-2-3-4-10(13(18)19)14-12(17)9-6-5-8(15)7-11(9)16/h5-7,10,15-16H,2-4H2,1H3,(H,14,17)(H,18,19). The lowest BCUT2D eigenvalue weighted by Gasteiger charge is -2.14. The Bertz CT molecular complexity index is 472. The van der Waals surface area contributed by atoms with E-state index in [-0.39, 0.29) is 11.3 Å². The summed E-state index contributed by atoms with van der Waals surface area (Å²) >= 11 is 0. The number of aliphatic carboxylic acids is 1. The molecule has 0 fully saturated rings. The predicted octanol–water partition coefficient (Wildman–Crippen LogP) is 1.47. The molecule has 19 heavy (non-hydrogen) atoms. The van der Waals surface area contributed by atoms with Crippen LogP contribution in [0.15, 0.2) is 18.2 Å². The number of carbonyl (C=O) groups is 2. The molecule has 6 nitrogen and oxygen atoms in total. The first-order valence-corrected chi connectivity index (χ1v) is 6.01. The topological polar surface area (TPSA) is 107 Å². The quantitative estimate of drug-likeness (QED) is 0.624. The molecule has 0 saturated carbocycles. The Kier molecular flexibility index (Phi) is 5.17. The zero-order chi connectivity index (χ0) is 14.4. The Morgan fingerprint density at radius 2 is 2.00 bits per heavy atom. The van der Waals surface area contributed by atoms with Gasteiger partial charge in [-0.2, -0.15) is 0 Å². The number of phenols is 2. The maximum Gasteiger partial charge on any atom is 0.326 e. The van der Waals surface area contributed by atoms with E-state index in [1.165, 1.54) is 12.1 Å². The molecule has 0 heterocycles. The molecule has 0 saturated heterocycles. The van der Waals surface area contributed by atoms with Gasteiger partial charge in [0.1, 0.15) is 17.5 Å². The zero-order valence-electron chi connectivity index (χ0n) is 10.6. The SMILES string of the molecule is CCCCC(NC(=O)c1ccc(O)cc1O)C(=O)O. The van der Waals surface area contributed by atoms with E-state index in [2.05, 4.69) is 5.32 Å². The van der Waals surface area contributed by atoms with Gasteiger partial charge in [-0.3, -0.25) is 4.79 Å². The highest BCUT2D eigenvalue weighted by Gasteiger charge is 2.21. The van der Waals surface area contributed by atoms with Gasteiger partial charge in [0, 0.05) is 6.07 Å². The highest BCUT2D eigenvalue weighted by atomic mass is 16.4. The lowest BCUT2D eigenvalue weighted by molar-refractivity contribution is -0.139. The Labute approximate surface area is 110 Å². The zero-order valence-corrected chi connectivity index (χ0v) is 10.6. The van der Waals surface area contributed by atoms with Crippen LogP contribution < -0.4 is 5.32 Å². The average Bonchev–Trinajstić information content (AvgIpc) is 2.33. The molecule has 1 unspecified atom stereocenters. The van der Waals surface area contributed by atoms with E-state index < -0.39 is 23.7 Å². The highest BCUT2D eigenvalue weighted by molar-refractivity contribution is 5.98. The van der Waals surface area contributed by atoms with Crippen LogP contribution in [0.4, 0.5) is 0 Å². The molecule has 1 aromatic rings. The van der Waals surface area contributed by atoms with Crippen molar-refractivity contribution < 1.29 is 24.9 Å². The molecular weight excluding hydrogens is 250 g/mol. The molecule has 6 heteroatoms. The lowest BCUT2D eigenvalue weighted by atomic mass is 10.1. The molecule has 1 aromatic carbocycles. The summed E-state index contributed by atoms with van der Waals surface area (Å²) in [5.41, 5.74) is -0.0689. The van der Waals surface area contributed by atoms with Crippen LogP contribution in [0.2, 0.25) is 0 Å². The van der Waals surface area contributed by atoms with Crippen LogP contribution in [0.25, 0.3) is 0 Å². The molecule has 1 atom stereocenters. The summed E-state index contributed by atoms with van der Waals surface area (Å²) in [4.78, 5) is 22.8. The predicted molar refractivity (Wildman–Crippen MR) is 68.2 cm³/mol. The van der Waals surface area contributed by atoms with E-state index in [4.69, 9.17) is 10.2 Å². The summed E-state index contributed by atoms with van der Waals surface area (Å²) in [5.74, 6) is -2.35. The van der Waals surface area contributed by atoms with Gasteiger partial charge in [-0.15, -0.1) is 0 Å². The van der Waals surface area contributed by atoms with Crippen molar-refractivity contribution in [3.05, 3.63) is 23.8 Å². The van der Waals surface area contributed by atoms with Crippen molar-refractivity contribution in [3.8, 4) is 11.5 Å². The van der Waals surface area contributed by atoms with Gasteiger partial charge in [0.2, 0.25) is 0 Å². The summed E-state index contributed by atoms with van der Waals surface area (Å²) < 4.78 is 0. The fraction of sp³-hybridized carbons (Fsp3) is 0.385. The van der Waals surface area contributed by atoms with Crippen molar-refractivity contribution in [2.45, 2.75) is 32.2 Å². The minimum Gasteiger partial charge on any atom is -0.508 e. The van der Waals surface area contributed by atoms with Crippen LogP contribution in [0.1, 0.15) is 36.5 Å². The second kappa shape index (κ2) is 6.63. The van der Waals surface area contributed by atoms with Gasteiger partial charge in [0.05, 0.1) is 5.56 Å². The maximum atomic E-state index is 11.8. The smallest absolute Gasteiger partial charge is 0.326 e. The van der Waals surface area contributed by atoms with Crippen molar-refractivity contribution in [1.29, 1.82) is 0 Å². The van der Waals surface area contributed by atoms with E-state index in [1.54, 1.807) is 0 Å². The van der Waals surface area contributed by atoms with E-state index >= 15 is 0 Å². The molecule has 104 valence electrons.